The molecule has 0 fully saturated rings. The van der Waals surface area contributed by atoms with Crippen LogP contribution in [0.1, 0.15) is 42.3 Å². The number of urea groups is 1. The minimum atomic E-state index is -3.38. The van der Waals surface area contributed by atoms with Crippen LogP contribution in [0.25, 0.3) is 0 Å². The number of hydrogen-bond donors (Lipinski definition) is 2. The summed E-state index contributed by atoms with van der Waals surface area (Å²) in [6.45, 7) is 3.04. The number of aromatic nitrogens is 1. The molecule has 6 nitrogen and oxygen atoms in total. The average molecular weight is 731 g/mol. The maximum absolute atomic E-state index is 12.8. The highest BCUT2D eigenvalue weighted by Gasteiger charge is 2.16. The highest BCUT2D eigenvalue weighted by atomic mass is 127. The van der Waals surface area contributed by atoms with Crippen LogP contribution >= 0.6 is 45.2 Å². The molecule has 0 aliphatic heterocycles. The number of amides is 2. The van der Waals surface area contributed by atoms with Crippen molar-refractivity contribution in [1.29, 1.82) is 0 Å². The summed E-state index contributed by atoms with van der Waals surface area (Å²) in [6, 6.07) is 18.5. The van der Waals surface area contributed by atoms with Gasteiger partial charge in [-0.15, -0.1) is 0 Å². The van der Waals surface area contributed by atoms with Crippen molar-refractivity contribution in [2.24, 2.45) is 0 Å². The Morgan fingerprint density at radius 1 is 0.917 bits per heavy atom. The normalized spacial score (nSPS) is 11.3. The van der Waals surface area contributed by atoms with Crippen LogP contribution in [0.3, 0.4) is 0 Å². The largest absolute Gasteiger partial charge is 0.338 e. The summed E-state index contributed by atoms with van der Waals surface area (Å²) in [5.41, 5.74) is 3.82. The predicted octanol–water partition coefficient (Wildman–Crippen LogP) is 5.69. The van der Waals surface area contributed by atoms with Gasteiger partial charge < -0.3 is 10.6 Å². The standard InChI is InChI=1S/C27H31I2N3O3S/c1-2-3-7-21-11-12-22(32-26(21)15-17-36(34,35)23-8-5-4-6-9-23)14-16-30-27(33)31-19-20-10-13-24(28)25(29)18-20/h4-6,8-13,18H,2-3,7,14-17,19H2,1H3,(H2,30,31,33). The number of pyridine rings is 1. The van der Waals surface area contributed by atoms with Crippen LogP contribution in [0, 0.1) is 7.14 Å². The van der Waals surface area contributed by atoms with Gasteiger partial charge in [-0.05, 0) is 99.5 Å². The van der Waals surface area contributed by atoms with Gasteiger partial charge in [-0.2, -0.15) is 0 Å². The number of benzene rings is 2. The third-order valence-electron chi connectivity index (χ3n) is 5.74. The number of halogens is 2. The highest BCUT2D eigenvalue weighted by Crippen LogP contribution is 2.18. The van der Waals surface area contributed by atoms with E-state index in [1.807, 2.05) is 24.3 Å². The van der Waals surface area contributed by atoms with Gasteiger partial charge in [0.2, 0.25) is 0 Å². The molecule has 3 aromatic rings. The van der Waals surface area contributed by atoms with Crippen LogP contribution in [0.2, 0.25) is 0 Å². The van der Waals surface area contributed by atoms with E-state index in [-0.39, 0.29) is 11.8 Å². The van der Waals surface area contributed by atoms with E-state index >= 15 is 0 Å². The van der Waals surface area contributed by atoms with Gasteiger partial charge in [-0.3, -0.25) is 4.98 Å². The molecule has 36 heavy (non-hydrogen) atoms. The van der Waals surface area contributed by atoms with Crippen molar-refractivity contribution in [1.82, 2.24) is 15.6 Å². The average Bonchev–Trinajstić information content (AvgIpc) is 2.88. The number of rotatable bonds is 12. The summed E-state index contributed by atoms with van der Waals surface area (Å²) in [5, 5.41) is 5.77. The third kappa shape index (κ3) is 8.98. The maximum Gasteiger partial charge on any atom is 0.315 e. The minimum absolute atomic E-state index is 0.0186. The molecule has 0 spiro atoms. The topological polar surface area (TPSA) is 88.2 Å². The van der Waals surface area contributed by atoms with Crippen molar-refractivity contribution >= 4 is 61.1 Å². The van der Waals surface area contributed by atoms with E-state index in [2.05, 4.69) is 74.9 Å². The number of nitrogens with zero attached hydrogens (tertiary/aromatic N) is 1. The van der Waals surface area contributed by atoms with Gasteiger partial charge in [0.25, 0.3) is 0 Å². The lowest BCUT2D eigenvalue weighted by Crippen LogP contribution is -2.36. The molecule has 0 radical (unpaired) electrons. The molecule has 1 heterocycles. The molecule has 1 aromatic heterocycles. The predicted molar refractivity (Wildman–Crippen MR) is 161 cm³/mol. The zero-order valence-electron chi connectivity index (χ0n) is 20.3. The summed E-state index contributed by atoms with van der Waals surface area (Å²) in [6.07, 6.45) is 3.90. The molecule has 0 unspecified atom stereocenters. The Morgan fingerprint density at radius 3 is 2.42 bits per heavy atom. The summed E-state index contributed by atoms with van der Waals surface area (Å²) in [4.78, 5) is 17.4. The molecular weight excluding hydrogens is 700 g/mol. The molecule has 0 aliphatic rings. The third-order valence-corrected chi connectivity index (χ3v) is 10.3. The monoisotopic (exact) mass is 731 g/mol. The first-order valence-electron chi connectivity index (χ1n) is 12.0. The number of carbonyl (C=O) groups excluding carboxylic acids is 1. The van der Waals surface area contributed by atoms with E-state index in [0.29, 0.717) is 30.8 Å². The molecule has 2 amide bonds. The van der Waals surface area contributed by atoms with Gasteiger partial charge >= 0.3 is 6.03 Å². The van der Waals surface area contributed by atoms with Crippen LogP contribution in [-0.2, 0) is 35.6 Å². The van der Waals surface area contributed by atoms with Gasteiger partial charge in [0.05, 0.1) is 10.6 Å². The number of sulfone groups is 1. The van der Waals surface area contributed by atoms with Crippen molar-refractivity contribution in [3.05, 3.63) is 90.3 Å². The second-order valence-electron chi connectivity index (χ2n) is 8.50. The number of unbranched alkanes of at least 4 members (excludes halogenated alkanes) is 1. The lowest BCUT2D eigenvalue weighted by Gasteiger charge is -2.12. The molecule has 0 saturated carbocycles. The van der Waals surface area contributed by atoms with Crippen LogP contribution < -0.4 is 10.6 Å². The number of aryl methyl sites for hydroxylation is 2. The molecule has 0 atom stereocenters. The molecule has 0 aliphatic carbocycles. The molecule has 0 saturated heterocycles. The first-order chi connectivity index (χ1) is 17.3. The number of nitrogens with one attached hydrogen (secondary N) is 2. The second kappa shape index (κ2) is 14.3. The maximum atomic E-state index is 12.8. The Labute approximate surface area is 241 Å². The summed E-state index contributed by atoms with van der Waals surface area (Å²) >= 11 is 4.57. The highest BCUT2D eigenvalue weighted by molar-refractivity contribution is 14.1. The Kier molecular flexibility index (Phi) is 11.4. The molecule has 9 heteroatoms. The molecule has 192 valence electrons. The smallest absolute Gasteiger partial charge is 0.315 e. The quantitative estimate of drug-likeness (QED) is 0.235. The van der Waals surface area contributed by atoms with E-state index in [1.165, 1.54) is 3.57 Å². The van der Waals surface area contributed by atoms with E-state index in [1.54, 1.807) is 24.3 Å². The lowest BCUT2D eigenvalue weighted by molar-refractivity contribution is 0.240. The van der Waals surface area contributed by atoms with Gasteiger partial charge in [0.1, 0.15) is 0 Å². The van der Waals surface area contributed by atoms with E-state index in [4.69, 9.17) is 4.98 Å². The van der Waals surface area contributed by atoms with Crippen LogP contribution in [0.15, 0.2) is 65.6 Å². The van der Waals surface area contributed by atoms with E-state index in [0.717, 1.165) is 45.3 Å². The molecule has 0 bridgehead atoms. The van der Waals surface area contributed by atoms with Crippen LogP contribution in [0.4, 0.5) is 4.79 Å². The fourth-order valence-electron chi connectivity index (χ4n) is 3.70. The Morgan fingerprint density at radius 2 is 1.69 bits per heavy atom. The van der Waals surface area contributed by atoms with Crippen LogP contribution in [-0.4, -0.2) is 31.7 Å². The molecule has 2 N–H and O–H groups in total. The van der Waals surface area contributed by atoms with Crippen molar-refractivity contribution in [2.75, 3.05) is 12.3 Å². The zero-order valence-corrected chi connectivity index (χ0v) is 25.4. The fraction of sp³-hybridized carbons (Fsp3) is 0.333. The first kappa shape index (κ1) is 28.8. The molecular formula is C27H31I2N3O3S. The van der Waals surface area contributed by atoms with Crippen molar-refractivity contribution in [3.63, 3.8) is 0 Å². The Balaban J connectivity index is 1.57. The lowest BCUT2D eigenvalue weighted by atomic mass is 10.0. The Hall–Kier alpha value is -1.73. The zero-order chi connectivity index (χ0) is 26.0. The SMILES string of the molecule is CCCCc1ccc(CCNC(=O)NCc2ccc(I)c(I)c2)nc1CCS(=O)(=O)c1ccccc1. The van der Waals surface area contributed by atoms with E-state index < -0.39 is 9.84 Å². The summed E-state index contributed by atoms with van der Waals surface area (Å²) < 4.78 is 27.9. The van der Waals surface area contributed by atoms with E-state index in [9.17, 15) is 13.2 Å². The van der Waals surface area contributed by atoms with Crippen molar-refractivity contribution < 1.29 is 13.2 Å². The van der Waals surface area contributed by atoms with Gasteiger partial charge in [0, 0.05) is 44.5 Å². The first-order valence-corrected chi connectivity index (χ1v) is 15.8. The molecule has 3 rings (SSSR count). The fourth-order valence-corrected chi connectivity index (χ4v) is 5.89. The Bertz CT molecular complexity index is 1270. The van der Waals surface area contributed by atoms with Crippen LogP contribution in [0.5, 0.6) is 0 Å². The summed E-state index contributed by atoms with van der Waals surface area (Å²) in [7, 11) is -3.38. The van der Waals surface area contributed by atoms with Gasteiger partial charge in [-0.25, -0.2) is 13.2 Å². The van der Waals surface area contributed by atoms with Gasteiger partial charge in [-0.1, -0.05) is 43.7 Å². The minimum Gasteiger partial charge on any atom is -0.338 e. The second-order valence-corrected chi connectivity index (χ2v) is 12.9. The van der Waals surface area contributed by atoms with Crippen molar-refractivity contribution in [2.45, 2.75) is 50.5 Å². The molecule has 2 aromatic carbocycles. The van der Waals surface area contributed by atoms with Crippen molar-refractivity contribution in [3.8, 4) is 0 Å². The summed E-state index contributed by atoms with van der Waals surface area (Å²) in [5.74, 6) is 0.0186. The van der Waals surface area contributed by atoms with Gasteiger partial charge in [0.15, 0.2) is 9.84 Å². The number of hydrogen-bond acceptors (Lipinski definition) is 4. The number of carbonyl (C=O) groups is 1.